The van der Waals surface area contributed by atoms with Crippen LogP contribution in [0.2, 0.25) is 0 Å². The Balaban J connectivity index is 1.93. The highest BCUT2D eigenvalue weighted by Crippen LogP contribution is 2.25. The molecule has 1 amide bonds. The number of likely N-dealkylation sites (N-methyl/N-ethyl adjacent to an activating group) is 1. The summed E-state index contributed by atoms with van der Waals surface area (Å²) in [6.45, 7) is 5.19. The molecule has 6 nitrogen and oxygen atoms in total. The summed E-state index contributed by atoms with van der Waals surface area (Å²) in [4.78, 5) is 26.0. The molecule has 1 aromatic rings. The molecule has 25 heavy (non-hydrogen) atoms. The van der Waals surface area contributed by atoms with E-state index in [9.17, 15) is 9.59 Å². The highest BCUT2D eigenvalue weighted by Gasteiger charge is 2.35. The molecule has 2 rings (SSSR count). The molecular formula is C19H28N2O4. The van der Waals surface area contributed by atoms with Crippen LogP contribution in [0.5, 0.6) is 5.75 Å². The maximum Gasteiger partial charge on any atom is 0.260 e. The van der Waals surface area contributed by atoms with Crippen LogP contribution in [0.25, 0.3) is 0 Å². The van der Waals surface area contributed by atoms with E-state index in [4.69, 9.17) is 9.47 Å². The van der Waals surface area contributed by atoms with Gasteiger partial charge < -0.3 is 19.7 Å². The number of ketones is 1. The molecule has 1 unspecified atom stereocenters. The fourth-order valence-electron chi connectivity index (χ4n) is 2.97. The van der Waals surface area contributed by atoms with Gasteiger partial charge in [0.05, 0.1) is 0 Å². The molecule has 6 heteroatoms. The number of nitrogens with one attached hydrogen (secondary N) is 1. The monoisotopic (exact) mass is 348 g/mol. The number of hydrogen-bond donors (Lipinski definition) is 1. The van der Waals surface area contributed by atoms with Crippen molar-refractivity contribution in [2.24, 2.45) is 0 Å². The van der Waals surface area contributed by atoms with E-state index >= 15 is 0 Å². The standard InChI is InChI=1S/C19H28N2O4/c1-14(22)16-6-5-7-17(12-16)25-15(2)18(23)20-13-19(21(3)4)8-10-24-11-9-19/h5-7,12,15H,8-11,13H2,1-4H3,(H,20,23). The average Bonchev–Trinajstić information content (AvgIpc) is 2.60. The minimum absolute atomic E-state index is 0.0324. The van der Waals surface area contributed by atoms with Crippen molar-refractivity contribution in [3.05, 3.63) is 29.8 Å². The first kappa shape index (κ1) is 19.4. The van der Waals surface area contributed by atoms with Gasteiger partial charge in [0.15, 0.2) is 11.9 Å². The zero-order chi connectivity index (χ0) is 18.4. The first-order valence-corrected chi connectivity index (χ1v) is 8.65. The van der Waals surface area contributed by atoms with Gasteiger partial charge in [0.1, 0.15) is 5.75 Å². The lowest BCUT2D eigenvalue weighted by atomic mass is 9.88. The predicted octanol–water partition coefficient (Wildman–Crippen LogP) is 1.88. The molecule has 0 saturated carbocycles. The van der Waals surface area contributed by atoms with Gasteiger partial charge in [-0.15, -0.1) is 0 Å². The predicted molar refractivity (Wildman–Crippen MR) is 96.0 cm³/mol. The van der Waals surface area contributed by atoms with Gasteiger partial charge in [0.25, 0.3) is 5.91 Å². The summed E-state index contributed by atoms with van der Waals surface area (Å²) in [5.41, 5.74) is 0.487. The van der Waals surface area contributed by atoms with E-state index in [-0.39, 0.29) is 17.2 Å². The molecule has 0 bridgehead atoms. The number of Topliss-reactive ketones (excluding diaryl/α,β-unsaturated/α-hetero) is 1. The maximum absolute atomic E-state index is 12.4. The maximum atomic E-state index is 12.4. The number of rotatable bonds is 7. The summed E-state index contributed by atoms with van der Waals surface area (Å²) in [5.74, 6) is 0.319. The van der Waals surface area contributed by atoms with Gasteiger partial charge in [-0.25, -0.2) is 0 Å². The van der Waals surface area contributed by atoms with E-state index in [2.05, 4.69) is 10.2 Å². The Labute approximate surface area is 149 Å². The molecular weight excluding hydrogens is 320 g/mol. The van der Waals surface area contributed by atoms with Gasteiger partial charge in [-0.2, -0.15) is 0 Å². The van der Waals surface area contributed by atoms with Gasteiger partial charge in [-0.05, 0) is 52.9 Å². The molecule has 0 radical (unpaired) electrons. The number of hydrogen-bond acceptors (Lipinski definition) is 5. The largest absolute Gasteiger partial charge is 0.481 e. The number of carbonyl (C=O) groups is 2. The summed E-state index contributed by atoms with van der Waals surface area (Å²) in [5, 5.41) is 3.00. The van der Waals surface area contributed by atoms with Crippen LogP contribution in [0.15, 0.2) is 24.3 Å². The second-order valence-corrected chi connectivity index (χ2v) is 6.79. The molecule has 1 aromatic carbocycles. The lowest BCUT2D eigenvalue weighted by Gasteiger charge is -2.43. The third-order valence-electron chi connectivity index (χ3n) is 4.89. The summed E-state index contributed by atoms with van der Waals surface area (Å²) in [6.07, 6.45) is 1.13. The zero-order valence-corrected chi connectivity index (χ0v) is 15.5. The Morgan fingerprint density at radius 1 is 1.32 bits per heavy atom. The van der Waals surface area contributed by atoms with Crippen molar-refractivity contribution in [3.63, 3.8) is 0 Å². The molecule has 1 N–H and O–H groups in total. The van der Waals surface area contributed by atoms with Gasteiger partial charge in [0, 0.05) is 30.9 Å². The molecule has 1 saturated heterocycles. The van der Waals surface area contributed by atoms with Crippen molar-refractivity contribution in [2.45, 2.75) is 38.3 Å². The van der Waals surface area contributed by atoms with E-state index in [1.54, 1.807) is 31.2 Å². The second kappa shape index (κ2) is 8.45. The van der Waals surface area contributed by atoms with Crippen LogP contribution in [0.3, 0.4) is 0 Å². The van der Waals surface area contributed by atoms with Crippen molar-refractivity contribution in [1.29, 1.82) is 0 Å². The summed E-state index contributed by atoms with van der Waals surface area (Å²) in [7, 11) is 4.06. The molecule has 0 aliphatic carbocycles. The van der Waals surface area contributed by atoms with Crippen LogP contribution in [-0.4, -0.2) is 62.1 Å². The van der Waals surface area contributed by atoms with Crippen LogP contribution in [0.4, 0.5) is 0 Å². The quantitative estimate of drug-likeness (QED) is 0.762. The Morgan fingerprint density at radius 2 is 2.00 bits per heavy atom. The van der Waals surface area contributed by atoms with Gasteiger partial charge >= 0.3 is 0 Å². The van der Waals surface area contributed by atoms with Crippen molar-refractivity contribution >= 4 is 11.7 Å². The van der Waals surface area contributed by atoms with E-state index < -0.39 is 6.10 Å². The molecule has 0 spiro atoms. The summed E-state index contributed by atoms with van der Waals surface area (Å²) < 4.78 is 11.1. The third kappa shape index (κ3) is 5.03. The highest BCUT2D eigenvalue weighted by atomic mass is 16.5. The zero-order valence-electron chi connectivity index (χ0n) is 15.5. The van der Waals surface area contributed by atoms with Crippen molar-refractivity contribution < 1.29 is 19.1 Å². The van der Waals surface area contributed by atoms with Crippen LogP contribution in [0, 0.1) is 0 Å². The van der Waals surface area contributed by atoms with Crippen LogP contribution in [0.1, 0.15) is 37.0 Å². The van der Waals surface area contributed by atoms with Crippen LogP contribution < -0.4 is 10.1 Å². The summed E-state index contributed by atoms with van der Waals surface area (Å²) >= 11 is 0. The Kier molecular flexibility index (Phi) is 6.56. The van der Waals surface area contributed by atoms with Gasteiger partial charge in [-0.1, -0.05) is 12.1 Å². The van der Waals surface area contributed by atoms with Crippen molar-refractivity contribution in [2.75, 3.05) is 33.9 Å². The SMILES string of the molecule is CC(=O)c1cccc(OC(C)C(=O)NCC2(N(C)C)CCOCC2)c1. The van der Waals surface area contributed by atoms with E-state index in [1.165, 1.54) is 6.92 Å². The molecule has 0 aromatic heterocycles. The fraction of sp³-hybridized carbons (Fsp3) is 0.579. The summed E-state index contributed by atoms with van der Waals surface area (Å²) in [6, 6.07) is 6.88. The second-order valence-electron chi connectivity index (χ2n) is 6.79. The first-order chi connectivity index (χ1) is 11.8. The Hall–Kier alpha value is -1.92. The molecule has 138 valence electrons. The fourth-order valence-corrected chi connectivity index (χ4v) is 2.97. The number of amides is 1. The van der Waals surface area contributed by atoms with Gasteiger partial charge in [-0.3, -0.25) is 9.59 Å². The molecule has 1 aliphatic rings. The number of nitrogens with zero attached hydrogens (tertiary/aromatic N) is 1. The number of carbonyl (C=O) groups excluding carboxylic acids is 2. The lowest BCUT2D eigenvalue weighted by Crippen LogP contribution is -2.56. The molecule has 1 heterocycles. The van der Waals surface area contributed by atoms with E-state index in [0.717, 1.165) is 12.8 Å². The first-order valence-electron chi connectivity index (χ1n) is 8.65. The molecule has 1 aliphatic heterocycles. The lowest BCUT2D eigenvalue weighted by molar-refractivity contribution is -0.128. The number of benzene rings is 1. The topological polar surface area (TPSA) is 67.9 Å². The Bertz CT molecular complexity index is 609. The van der Waals surface area contributed by atoms with E-state index in [0.29, 0.717) is 31.1 Å². The van der Waals surface area contributed by atoms with E-state index in [1.807, 2.05) is 14.1 Å². The van der Waals surface area contributed by atoms with Crippen LogP contribution in [-0.2, 0) is 9.53 Å². The van der Waals surface area contributed by atoms with Crippen molar-refractivity contribution in [1.82, 2.24) is 10.2 Å². The highest BCUT2D eigenvalue weighted by molar-refractivity contribution is 5.94. The minimum atomic E-state index is -0.638. The average molecular weight is 348 g/mol. The molecule has 1 atom stereocenters. The smallest absolute Gasteiger partial charge is 0.260 e. The third-order valence-corrected chi connectivity index (χ3v) is 4.89. The number of ether oxygens (including phenoxy) is 2. The van der Waals surface area contributed by atoms with Gasteiger partial charge in [0.2, 0.25) is 0 Å². The normalized spacial score (nSPS) is 17.8. The van der Waals surface area contributed by atoms with Crippen LogP contribution >= 0.6 is 0 Å². The Morgan fingerprint density at radius 3 is 2.60 bits per heavy atom. The minimum Gasteiger partial charge on any atom is -0.481 e. The molecule has 1 fully saturated rings. The van der Waals surface area contributed by atoms with Crippen molar-refractivity contribution in [3.8, 4) is 5.75 Å².